The van der Waals surface area contributed by atoms with Crippen molar-refractivity contribution in [2.75, 3.05) is 5.32 Å². The maximum absolute atomic E-state index is 12.7. The molecule has 8 heteroatoms. The van der Waals surface area contributed by atoms with Gasteiger partial charge in [0, 0.05) is 22.5 Å². The molecule has 1 aromatic carbocycles. The quantitative estimate of drug-likeness (QED) is 0.811. The number of hydrogen-bond donors (Lipinski definition) is 1. The molecule has 0 saturated carbocycles. The van der Waals surface area contributed by atoms with Crippen LogP contribution in [0.2, 0.25) is 10.2 Å². The first kappa shape index (κ1) is 15.6. The molecule has 0 atom stereocenters. The lowest BCUT2D eigenvalue weighted by atomic mass is 10.2. The molecule has 1 heterocycles. The van der Waals surface area contributed by atoms with Crippen LogP contribution in [0.5, 0.6) is 0 Å². The predicted octanol–water partition coefficient (Wildman–Crippen LogP) is 4.66. The topological polar surface area (TPSA) is 42.0 Å². The van der Waals surface area contributed by atoms with Gasteiger partial charge >= 0.3 is 6.18 Å². The highest BCUT2D eigenvalue weighted by atomic mass is 35.5. The van der Waals surface area contributed by atoms with Crippen LogP contribution in [0.1, 0.15) is 15.9 Å². The molecule has 0 radical (unpaired) electrons. The molecule has 3 nitrogen and oxygen atoms in total. The number of aromatic nitrogens is 1. The average Bonchev–Trinajstić information content (AvgIpc) is 2.37. The van der Waals surface area contributed by atoms with Crippen molar-refractivity contribution < 1.29 is 18.0 Å². The lowest BCUT2D eigenvalue weighted by Gasteiger charge is -2.11. The Morgan fingerprint density at radius 3 is 2.48 bits per heavy atom. The fourth-order valence-electron chi connectivity index (χ4n) is 1.57. The second-order valence-electron chi connectivity index (χ2n) is 4.05. The van der Waals surface area contributed by atoms with Gasteiger partial charge in [-0.25, -0.2) is 4.98 Å². The lowest BCUT2D eigenvalue weighted by molar-refractivity contribution is -0.137. The van der Waals surface area contributed by atoms with Gasteiger partial charge in [-0.05, 0) is 30.3 Å². The second kappa shape index (κ2) is 5.91. The van der Waals surface area contributed by atoms with Crippen LogP contribution in [0.25, 0.3) is 0 Å². The first-order valence-electron chi connectivity index (χ1n) is 5.56. The number of halogens is 5. The third-order valence-corrected chi connectivity index (χ3v) is 2.90. The van der Waals surface area contributed by atoms with Gasteiger partial charge in [-0.15, -0.1) is 0 Å². The van der Waals surface area contributed by atoms with E-state index in [-0.39, 0.29) is 21.4 Å². The smallest absolute Gasteiger partial charge is 0.322 e. The summed E-state index contributed by atoms with van der Waals surface area (Å²) in [6.45, 7) is 0. The largest absolute Gasteiger partial charge is 0.416 e. The molecule has 0 aliphatic rings. The van der Waals surface area contributed by atoms with Crippen LogP contribution in [0.3, 0.4) is 0 Å². The minimum atomic E-state index is -4.55. The molecule has 21 heavy (non-hydrogen) atoms. The van der Waals surface area contributed by atoms with E-state index >= 15 is 0 Å². The average molecular weight is 335 g/mol. The van der Waals surface area contributed by atoms with Gasteiger partial charge in [0.05, 0.1) is 5.56 Å². The molecular weight excluding hydrogens is 328 g/mol. The highest BCUT2D eigenvalue weighted by Crippen LogP contribution is 2.33. The zero-order valence-corrected chi connectivity index (χ0v) is 11.7. The monoisotopic (exact) mass is 334 g/mol. The number of nitrogens with one attached hydrogen (secondary N) is 1. The number of benzene rings is 1. The van der Waals surface area contributed by atoms with Gasteiger partial charge in [0.25, 0.3) is 5.91 Å². The summed E-state index contributed by atoms with van der Waals surface area (Å²) >= 11 is 11.3. The van der Waals surface area contributed by atoms with Crippen LogP contribution < -0.4 is 5.32 Å². The Kier molecular flexibility index (Phi) is 4.39. The lowest BCUT2D eigenvalue weighted by Crippen LogP contribution is -2.13. The Labute approximate surface area is 127 Å². The summed E-state index contributed by atoms with van der Waals surface area (Å²) in [4.78, 5) is 15.6. The molecule has 0 spiro atoms. The van der Waals surface area contributed by atoms with Crippen molar-refractivity contribution >= 4 is 34.8 Å². The molecule has 0 bridgehead atoms. The number of alkyl halides is 3. The minimum Gasteiger partial charge on any atom is -0.322 e. The summed E-state index contributed by atoms with van der Waals surface area (Å²) in [5.41, 5.74) is -0.839. The zero-order chi connectivity index (χ0) is 15.6. The van der Waals surface area contributed by atoms with E-state index in [1.807, 2.05) is 0 Å². The number of nitrogens with zero attached hydrogens (tertiary/aromatic N) is 1. The maximum Gasteiger partial charge on any atom is 0.416 e. The van der Waals surface area contributed by atoms with Crippen molar-refractivity contribution in [3.8, 4) is 0 Å². The van der Waals surface area contributed by atoms with E-state index in [0.717, 1.165) is 12.1 Å². The Bertz CT molecular complexity index is 689. The SMILES string of the molecule is O=C(Nc1cc(Cl)cc(C(F)(F)F)c1)c1ccnc(Cl)c1. The number of rotatable bonds is 2. The molecule has 0 saturated heterocycles. The molecule has 1 N–H and O–H groups in total. The van der Waals surface area contributed by atoms with Gasteiger partial charge in [0.15, 0.2) is 0 Å². The minimum absolute atomic E-state index is 0.0623. The summed E-state index contributed by atoms with van der Waals surface area (Å²) in [5, 5.41) is 2.30. The van der Waals surface area contributed by atoms with Crippen molar-refractivity contribution in [2.45, 2.75) is 6.18 Å². The molecule has 1 aromatic heterocycles. The fraction of sp³-hybridized carbons (Fsp3) is 0.0769. The van der Waals surface area contributed by atoms with Crippen LogP contribution in [0, 0.1) is 0 Å². The normalized spacial score (nSPS) is 11.3. The Morgan fingerprint density at radius 1 is 1.14 bits per heavy atom. The van der Waals surface area contributed by atoms with E-state index in [4.69, 9.17) is 23.2 Å². The Morgan fingerprint density at radius 2 is 1.86 bits per heavy atom. The third-order valence-electron chi connectivity index (χ3n) is 2.47. The Hall–Kier alpha value is -1.79. The van der Waals surface area contributed by atoms with Gasteiger partial charge < -0.3 is 5.32 Å². The number of carbonyl (C=O) groups is 1. The van der Waals surface area contributed by atoms with Gasteiger partial charge in [0.2, 0.25) is 0 Å². The van der Waals surface area contributed by atoms with Crippen LogP contribution in [-0.2, 0) is 6.18 Å². The molecule has 1 amide bonds. The summed E-state index contributed by atoms with van der Waals surface area (Å²) in [5.74, 6) is -0.616. The van der Waals surface area contributed by atoms with Crippen molar-refractivity contribution in [1.82, 2.24) is 4.98 Å². The number of pyridine rings is 1. The van der Waals surface area contributed by atoms with Crippen molar-refractivity contribution in [1.29, 1.82) is 0 Å². The number of amides is 1. The number of anilines is 1. The molecule has 110 valence electrons. The van der Waals surface area contributed by atoms with E-state index in [2.05, 4.69) is 10.3 Å². The standard InChI is InChI=1S/C13H7Cl2F3N2O/c14-9-4-8(13(16,17)18)5-10(6-9)20-12(21)7-1-2-19-11(15)3-7/h1-6H,(H,20,21). The number of carbonyl (C=O) groups excluding carboxylic acids is 1. The molecule has 0 aliphatic heterocycles. The number of hydrogen-bond acceptors (Lipinski definition) is 2. The first-order chi connectivity index (χ1) is 9.75. The summed E-state index contributed by atoms with van der Waals surface area (Å²) in [6, 6.07) is 5.48. The summed E-state index contributed by atoms with van der Waals surface area (Å²) in [6.07, 6.45) is -3.24. The maximum atomic E-state index is 12.7. The van der Waals surface area contributed by atoms with E-state index in [1.165, 1.54) is 24.4 Å². The van der Waals surface area contributed by atoms with Crippen LogP contribution in [0.4, 0.5) is 18.9 Å². The van der Waals surface area contributed by atoms with Gasteiger partial charge in [-0.2, -0.15) is 13.2 Å². The first-order valence-corrected chi connectivity index (χ1v) is 6.32. The van der Waals surface area contributed by atoms with Crippen LogP contribution >= 0.6 is 23.2 Å². The van der Waals surface area contributed by atoms with Crippen molar-refractivity contribution in [2.24, 2.45) is 0 Å². The van der Waals surface area contributed by atoms with Gasteiger partial charge in [-0.1, -0.05) is 23.2 Å². The van der Waals surface area contributed by atoms with Crippen molar-refractivity contribution in [3.05, 3.63) is 57.8 Å². The fourth-order valence-corrected chi connectivity index (χ4v) is 1.98. The Balaban J connectivity index is 2.27. The third kappa shape index (κ3) is 4.09. The molecule has 2 rings (SSSR count). The van der Waals surface area contributed by atoms with Crippen molar-refractivity contribution in [3.63, 3.8) is 0 Å². The highest BCUT2D eigenvalue weighted by Gasteiger charge is 2.31. The molecule has 0 aliphatic carbocycles. The van der Waals surface area contributed by atoms with Crippen LogP contribution in [-0.4, -0.2) is 10.9 Å². The molecule has 2 aromatic rings. The molecule has 0 unspecified atom stereocenters. The van der Waals surface area contributed by atoms with E-state index in [1.54, 1.807) is 0 Å². The van der Waals surface area contributed by atoms with Gasteiger partial charge in [0.1, 0.15) is 5.15 Å². The van der Waals surface area contributed by atoms with E-state index < -0.39 is 17.6 Å². The predicted molar refractivity (Wildman–Crippen MR) is 73.7 cm³/mol. The van der Waals surface area contributed by atoms with Gasteiger partial charge in [-0.3, -0.25) is 4.79 Å². The second-order valence-corrected chi connectivity index (χ2v) is 4.87. The molecule has 0 fully saturated rings. The van der Waals surface area contributed by atoms with Crippen LogP contribution in [0.15, 0.2) is 36.5 Å². The zero-order valence-electron chi connectivity index (χ0n) is 10.2. The van der Waals surface area contributed by atoms with E-state index in [9.17, 15) is 18.0 Å². The molecular formula is C13H7Cl2F3N2O. The summed E-state index contributed by atoms with van der Waals surface area (Å²) < 4.78 is 38.0. The summed E-state index contributed by atoms with van der Waals surface area (Å²) in [7, 11) is 0. The highest BCUT2D eigenvalue weighted by molar-refractivity contribution is 6.31. The van der Waals surface area contributed by atoms with E-state index in [0.29, 0.717) is 0 Å².